The van der Waals surface area contributed by atoms with Crippen molar-refractivity contribution in [3.05, 3.63) is 33.8 Å². The molecule has 0 bridgehead atoms. The van der Waals surface area contributed by atoms with Crippen molar-refractivity contribution in [2.75, 3.05) is 0 Å². The maximum atomic E-state index is 12.4. The van der Waals surface area contributed by atoms with Crippen molar-refractivity contribution in [3.8, 4) is 0 Å². The molecule has 28 heavy (non-hydrogen) atoms. The number of allylic oxidation sites excluding steroid dienone is 1. The number of fused-ring (bicyclic) bond motifs is 1. The SMILES string of the molecule is C=C1/N=C\c2nnc([C@H]3C[C@@H](NS(=O)(=O)C4CC4)C[C@H]3CC)n2C/C(I)=C\N1. The highest BCUT2D eigenvalue weighted by Gasteiger charge is 2.42. The van der Waals surface area contributed by atoms with Gasteiger partial charge < -0.3 is 9.88 Å². The van der Waals surface area contributed by atoms with E-state index in [4.69, 9.17) is 0 Å². The number of aromatic nitrogens is 3. The van der Waals surface area contributed by atoms with Crippen LogP contribution in [0.2, 0.25) is 0 Å². The van der Waals surface area contributed by atoms with E-state index in [0.717, 1.165) is 41.5 Å². The van der Waals surface area contributed by atoms with Crippen molar-refractivity contribution in [2.24, 2.45) is 10.9 Å². The van der Waals surface area contributed by atoms with Crippen LogP contribution in [0, 0.1) is 5.92 Å². The lowest BCUT2D eigenvalue weighted by molar-refractivity contribution is 0.439. The number of rotatable bonds is 5. The molecule has 3 aliphatic rings. The van der Waals surface area contributed by atoms with Gasteiger partial charge in [-0.3, -0.25) is 0 Å². The summed E-state index contributed by atoms with van der Waals surface area (Å²) >= 11 is 2.28. The van der Waals surface area contributed by atoms with Gasteiger partial charge in [-0.2, -0.15) is 0 Å². The fourth-order valence-electron chi connectivity index (χ4n) is 4.09. The smallest absolute Gasteiger partial charge is 0.214 e. The molecule has 3 atom stereocenters. The van der Waals surface area contributed by atoms with E-state index in [9.17, 15) is 8.42 Å². The molecule has 2 N–H and O–H groups in total. The van der Waals surface area contributed by atoms with Gasteiger partial charge in [-0.15, -0.1) is 10.2 Å². The molecule has 4 rings (SSSR count). The zero-order valence-corrected chi connectivity index (χ0v) is 18.8. The average Bonchev–Trinajstić information content (AvgIpc) is 3.33. The van der Waals surface area contributed by atoms with Crippen LogP contribution in [-0.4, -0.2) is 40.7 Å². The van der Waals surface area contributed by atoms with Crippen LogP contribution in [-0.2, 0) is 16.6 Å². The predicted molar refractivity (Wildman–Crippen MR) is 117 cm³/mol. The van der Waals surface area contributed by atoms with Crippen molar-refractivity contribution >= 4 is 38.8 Å². The molecule has 2 fully saturated rings. The summed E-state index contributed by atoms with van der Waals surface area (Å²) in [7, 11) is -3.18. The number of hydrogen-bond acceptors (Lipinski definition) is 6. The summed E-state index contributed by atoms with van der Waals surface area (Å²) in [6, 6.07) is -0.0328. The van der Waals surface area contributed by atoms with Gasteiger partial charge in [0.1, 0.15) is 11.6 Å². The first kappa shape index (κ1) is 20.0. The molecule has 0 radical (unpaired) electrons. The maximum absolute atomic E-state index is 12.4. The summed E-state index contributed by atoms with van der Waals surface area (Å²) in [5.41, 5.74) is 0. The van der Waals surface area contributed by atoms with Crippen molar-refractivity contribution in [1.29, 1.82) is 0 Å². The first-order chi connectivity index (χ1) is 13.4. The number of sulfonamides is 1. The molecule has 2 heterocycles. The van der Waals surface area contributed by atoms with E-state index in [1.54, 1.807) is 6.21 Å². The molecule has 0 unspecified atom stereocenters. The van der Waals surface area contributed by atoms with Crippen molar-refractivity contribution in [2.45, 2.75) is 62.8 Å². The van der Waals surface area contributed by atoms with E-state index in [-0.39, 0.29) is 17.2 Å². The lowest BCUT2D eigenvalue weighted by Gasteiger charge is -2.18. The van der Waals surface area contributed by atoms with Crippen LogP contribution in [0.5, 0.6) is 0 Å². The molecular formula is C18H25IN6O2S. The normalized spacial score (nSPS) is 31.1. The number of hydrogen-bond donors (Lipinski definition) is 2. The van der Waals surface area contributed by atoms with Crippen LogP contribution < -0.4 is 10.0 Å². The highest BCUT2D eigenvalue weighted by atomic mass is 127. The second-order valence-corrected chi connectivity index (χ2v) is 11.1. The van der Waals surface area contributed by atoms with Crippen LogP contribution in [0.3, 0.4) is 0 Å². The fourth-order valence-corrected chi connectivity index (χ4v) is 6.19. The Morgan fingerprint density at radius 1 is 1.36 bits per heavy atom. The highest BCUT2D eigenvalue weighted by Crippen LogP contribution is 2.42. The molecule has 1 aliphatic heterocycles. The van der Waals surface area contributed by atoms with Crippen molar-refractivity contribution in [3.63, 3.8) is 0 Å². The van der Waals surface area contributed by atoms with E-state index in [0.29, 0.717) is 24.1 Å². The Bertz CT molecular complexity index is 934. The molecule has 2 aliphatic carbocycles. The molecule has 1 aromatic rings. The summed E-state index contributed by atoms with van der Waals surface area (Å²) in [6.45, 7) is 6.66. The largest absolute Gasteiger partial charge is 0.346 e. The van der Waals surface area contributed by atoms with E-state index in [1.807, 2.05) is 6.20 Å². The van der Waals surface area contributed by atoms with Crippen LogP contribution in [0.1, 0.15) is 56.6 Å². The summed E-state index contributed by atoms with van der Waals surface area (Å²) in [4.78, 5) is 4.29. The minimum atomic E-state index is -3.18. The Labute approximate surface area is 179 Å². The Morgan fingerprint density at radius 3 is 2.86 bits per heavy atom. The number of halogens is 1. The minimum absolute atomic E-state index is 0.0328. The van der Waals surface area contributed by atoms with Crippen LogP contribution >= 0.6 is 22.6 Å². The fraction of sp³-hybridized carbons (Fsp3) is 0.611. The molecule has 0 saturated heterocycles. The predicted octanol–water partition coefficient (Wildman–Crippen LogP) is 2.40. The quantitative estimate of drug-likeness (QED) is 0.586. The number of nitrogens with zero attached hydrogens (tertiary/aromatic N) is 4. The van der Waals surface area contributed by atoms with E-state index in [2.05, 4.69) is 65.9 Å². The summed E-state index contributed by atoms with van der Waals surface area (Å²) < 4.78 is 30.9. The standard InChI is InChI=1S/C18H25IN6O2S/c1-3-12-6-14(24-28(26,27)15-4-5-15)7-16(12)18-23-22-17-9-21-11(2)20-8-13(19)10-25(17)18/h8-9,12,14-16,20,24H,2-7,10H2,1H3/b13-8+,21-9-/t12-,14+,16+/m1/s1. The molecule has 152 valence electrons. The van der Waals surface area contributed by atoms with E-state index >= 15 is 0 Å². The summed E-state index contributed by atoms with van der Waals surface area (Å²) in [5, 5.41) is 11.7. The Kier molecular flexibility index (Phi) is 5.62. The molecule has 8 nitrogen and oxygen atoms in total. The zero-order chi connectivity index (χ0) is 19.9. The number of nitrogens with one attached hydrogen (secondary N) is 2. The van der Waals surface area contributed by atoms with Gasteiger partial charge in [0.25, 0.3) is 0 Å². The molecule has 0 spiro atoms. The molecule has 10 heteroatoms. The van der Waals surface area contributed by atoms with Crippen molar-refractivity contribution < 1.29 is 8.42 Å². The number of aliphatic imine (C=N–C) groups is 1. The molecule has 1 aromatic heterocycles. The molecule has 0 amide bonds. The zero-order valence-electron chi connectivity index (χ0n) is 15.8. The summed E-state index contributed by atoms with van der Waals surface area (Å²) in [6.07, 6.45) is 7.71. The van der Waals surface area contributed by atoms with Gasteiger partial charge in [0, 0.05) is 21.7 Å². The third-order valence-electron chi connectivity index (χ3n) is 5.69. The van der Waals surface area contributed by atoms with E-state index in [1.165, 1.54) is 0 Å². The Balaban J connectivity index is 1.60. The van der Waals surface area contributed by atoms with Crippen LogP contribution in [0.25, 0.3) is 0 Å². The van der Waals surface area contributed by atoms with Gasteiger partial charge in [-0.05, 0) is 54.2 Å². The molecule has 2 saturated carbocycles. The third-order valence-corrected chi connectivity index (χ3v) is 8.36. The van der Waals surface area contributed by atoms with Gasteiger partial charge in [0.05, 0.1) is 18.0 Å². The maximum Gasteiger partial charge on any atom is 0.214 e. The summed E-state index contributed by atoms with van der Waals surface area (Å²) in [5.74, 6) is 2.71. The van der Waals surface area contributed by atoms with Gasteiger partial charge in [0.15, 0.2) is 5.82 Å². The van der Waals surface area contributed by atoms with Gasteiger partial charge >= 0.3 is 0 Å². The minimum Gasteiger partial charge on any atom is -0.346 e. The van der Waals surface area contributed by atoms with Crippen molar-refractivity contribution in [1.82, 2.24) is 24.8 Å². The highest BCUT2D eigenvalue weighted by molar-refractivity contribution is 14.1. The lowest BCUT2D eigenvalue weighted by Crippen LogP contribution is -2.35. The van der Waals surface area contributed by atoms with Crippen LogP contribution in [0.4, 0.5) is 0 Å². The van der Waals surface area contributed by atoms with E-state index < -0.39 is 10.0 Å². The molecular weight excluding hydrogens is 491 g/mol. The van der Waals surface area contributed by atoms with Gasteiger partial charge in [-0.1, -0.05) is 19.9 Å². The third kappa shape index (κ3) is 4.18. The lowest BCUT2D eigenvalue weighted by atomic mass is 9.93. The second-order valence-electron chi connectivity index (χ2n) is 7.75. The Morgan fingerprint density at radius 2 is 2.14 bits per heavy atom. The first-order valence-electron chi connectivity index (χ1n) is 9.65. The second kappa shape index (κ2) is 7.86. The van der Waals surface area contributed by atoms with Gasteiger partial charge in [0.2, 0.25) is 10.0 Å². The topological polar surface area (TPSA) is 101 Å². The molecule has 0 aromatic carbocycles. The Hall–Kier alpha value is -1.27. The first-order valence-corrected chi connectivity index (χ1v) is 12.3. The van der Waals surface area contributed by atoms with Gasteiger partial charge in [-0.25, -0.2) is 18.1 Å². The monoisotopic (exact) mass is 516 g/mol. The average molecular weight is 516 g/mol. The van der Waals surface area contributed by atoms with Crippen LogP contribution in [0.15, 0.2) is 27.2 Å².